The quantitative estimate of drug-likeness (QED) is 0.752. The first-order chi connectivity index (χ1) is 10.7. The summed E-state index contributed by atoms with van der Waals surface area (Å²) < 4.78 is 5.92. The standard InChI is InChI=1S/C20H20O2/c1-3-15-6-5-11-22-20-13-18-16(7-4-8-19(18)21)12-17(20)14(2)9-10-15/h3,6,9-10,12-13H,1-2,4-5,7-8,11H2. The number of hydrogen-bond donors (Lipinski definition) is 0. The minimum Gasteiger partial charge on any atom is -0.493 e. The van der Waals surface area contributed by atoms with Crippen molar-refractivity contribution in [2.45, 2.75) is 25.7 Å². The molecule has 1 aromatic rings. The summed E-state index contributed by atoms with van der Waals surface area (Å²) in [4.78, 5) is 12.1. The number of ether oxygens (including phenoxy) is 1. The van der Waals surface area contributed by atoms with Crippen LogP contribution >= 0.6 is 0 Å². The Kier molecular flexibility index (Phi) is 4.10. The zero-order valence-corrected chi connectivity index (χ0v) is 12.7. The molecule has 112 valence electrons. The maximum absolute atomic E-state index is 12.1. The Hall–Kier alpha value is -2.35. The van der Waals surface area contributed by atoms with E-state index in [2.05, 4.69) is 25.3 Å². The number of allylic oxidation sites excluding steroid dienone is 5. The highest BCUT2D eigenvalue weighted by Gasteiger charge is 2.20. The fraction of sp³-hybridized carbons (Fsp3) is 0.250. The largest absolute Gasteiger partial charge is 0.493 e. The van der Waals surface area contributed by atoms with Crippen molar-refractivity contribution in [2.24, 2.45) is 0 Å². The van der Waals surface area contributed by atoms with Crippen LogP contribution in [0.3, 0.4) is 0 Å². The molecule has 1 aliphatic heterocycles. The van der Waals surface area contributed by atoms with Crippen molar-refractivity contribution in [3.05, 3.63) is 71.9 Å². The Labute approximate surface area is 131 Å². The molecule has 22 heavy (non-hydrogen) atoms. The summed E-state index contributed by atoms with van der Waals surface area (Å²) in [6.07, 6.45) is 11.2. The fourth-order valence-corrected chi connectivity index (χ4v) is 2.94. The third-order valence-electron chi connectivity index (χ3n) is 4.17. The number of Topliss-reactive ketones (excluding diaryl/α,β-unsaturated/α-hetero) is 1. The third kappa shape index (κ3) is 2.82. The van der Waals surface area contributed by atoms with Crippen molar-refractivity contribution in [1.82, 2.24) is 0 Å². The third-order valence-corrected chi connectivity index (χ3v) is 4.17. The SMILES string of the molecule is C=CC1=CCCOc2cc3c(cc2C(=C)C=C1)CCCC3=O. The summed E-state index contributed by atoms with van der Waals surface area (Å²) in [5, 5.41) is 0. The molecule has 3 rings (SSSR count). The van der Waals surface area contributed by atoms with Crippen LogP contribution in [0.4, 0.5) is 0 Å². The molecule has 0 aromatic heterocycles. The van der Waals surface area contributed by atoms with E-state index in [9.17, 15) is 4.79 Å². The van der Waals surface area contributed by atoms with Crippen LogP contribution in [-0.4, -0.2) is 12.4 Å². The van der Waals surface area contributed by atoms with Gasteiger partial charge in [0.25, 0.3) is 0 Å². The van der Waals surface area contributed by atoms with Gasteiger partial charge in [0.15, 0.2) is 5.78 Å². The topological polar surface area (TPSA) is 26.3 Å². The molecule has 0 bridgehead atoms. The van der Waals surface area contributed by atoms with E-state index < -0.39 is 0 Å². The maximum Gasteiger partial charge on any atom is 0.163 e. The molecule has 0 amide bonds. The van der Waals surface area contributed by atoms with E-state index in [-0.39, 0.29) is 5.78 Å². The van der Waals surface area contributed by atoms with Crippen LogP contribution in [0.5, 0.6) is 5.75 Å². The summed E-state index contributed by atoms with van der Waals surface area (Å²) in [5.74, 6) is 0.985. The lowest BCUT2D eigenvalue weighted by Crippen LogP contribution is -2.12. The molecule has 2 nitrogen and oxygen atoms in total. The van der Waals surface area contributed by atoms with Crippen molar-refractivity contribution in [2.75, 3.05) is 6.61 Å². The van der Waals surface area contributed by atoms with Gasteiger partial charge in [-0.15, -0.1) is 0 Å². The summed E-state index contributed by atoms with van der Waals surface area (Å²) >= 11 is 0. The first-order valence-corrected chi connectivity index (χ1v) is 7.72. The second kappa shape index (κ2) is 6.18. The monoisotopic (exact) mass is 292 g/mol. The highest BCUT2D eigenvalue weighted by atomic mass is 16.5. The number of ketones is 1. The lowest BCUT2D eigenvalue weighted by atomic mass is 9.87. The minimum absolute atomic E-state index is 0.222. The average Bonchev–Trinajstić information content (AvgIpc) is 2.53. The van der Waals surface area contributed by atoms with Crippen LogP contribution in [0.1, 0.15) is 40.7 Å². The molecule has 2 aliphatic rings. The summed E-state index contributed by atoms with van der Waals surface area (Å²) in [6.45, 7) is 8.55. The molecule has 2 heteroatoms. The molecule has 0 spiro atoms. The molecule has 0 saturated heterocycles. The van der Waals surface area contributed by atoms with Crippen LogP contribution in [-0.2, 0) is 6.42 Å². The second-order valence-electron chi connectivity index (χ2n) is 5.69. The van der Waals surface area contributed by atoms with Gasteiger partial charge >= 0.3 is 0 Å². The van der Waals surface area contributed by atoms with E-state index in [0.717, 1.165) is 52.8 Å². The number of fused-ring (bicyclic) bond motifs is 2. The maximum atomic E-state index is 12.1. The molecule has 0 fully saturated rings. The molecule has 1 aromatic carbocycles. The van der Waals surface area contributed by atoms with Crippen LogP contribution in [0.15, 0.2) is 55.2 Å². The molecule has 0 N–H and O–H groups in total. The number of aryl methyl sites for hydroxylation is 1. The van der Waals surface area contributed by atoms with Gasteiger partial charge in [-0.25, -0.2) is 0 Å². The number of rotatable bonds is 1. The van der Waals surface area contributed by atoms with Gasteiger partial charge in [0.2, 0.25) is 0 Å². The van der Waals surface area contributed by atoms with Crippen molar-refractivity contribution in [3.8, 4) is 5.75 Å². The normalized spacial score (nSPS) is 17.9. The fourth-order valence-electron chi connectivity index (χ4n) is 2.94. The first-order valence-electron chi connectivity index (χ1n) is 7.72. The lowest BCUT2D eigenvalue weighted by Gasteiger charge is -2.20. The molecule has 0 unspecified atom stereocenters. The lowest BCUT2D eigenvalue weighted by molar-refractivity contribution is 0.0972. The van der Waals surface area contributed by atoms with Gasteiger partial charge in [-0.2, -0.15) is 0 Å². The summed E-state index contributed by atoms with van der Waals surface area (Å²) in [6, 6.07) is 3.98. The van der Waals surface area contributed by atoms with Gasteiger partial charge in [0.05, 0.1) is 6.61 Å². The van der Waals surface area contributed by atoms with E-state index in [0.29, 0.717) is 13.0 Å². The van der Waals surface area contributed by atoms with Crippen molar-refractivity contribution < 1.29 is 9.53 Å². The van der Waals surface area contributed by atoms with Gasteiger partial charge in [0.1, 0.15) is 5.75 Å². The number of carbonyl (C=O) groups is 1. The van der Waals surface area contributed by atoms with E-state index in [1.165, 1.54) is 0 Å². The van der Waals surface area contributed by atoms with Crippen LogP contribution in [0, 0.1) is 0 Å². The first kappa shape index (κ1) is 14.6. The molecule has 0 saturated carbocycles. The molecular formula is C20H20O2. The molecular weight excluding hydrogens is 272 g/mol. The Morgan fingerprint density at radius 3 is 2.82 bits per heavy atom. The van der Waals surface area contributed by atoms with Gasteiger partial charge in [0, 0.05) is 24.0 Å². The zero-order valence-electron chi connectivity index (χ0n) is 12.7. The van der Waals surface area contributed by atoms with E-state index in [1.54, 1.807) is 0 Å². The predicted octanol–water partition coefficient (Wildman–Crippen LogP) is 4.67. The zero-order chi connectivity index (χ0) is 15.5. The number of benzene rings is 1. The average molecular weight is 292 g/mol. The minimum atomic E-state index is 0.222. The summed E-state index contributed by atoms with van der Waals surface area (Å²) in [7, 11) is 0. The Morgan fingerprint density at radius 2 is 2.00 bits per heavy atom. The van der Waals surface area contributed by atoms with Gasteiger partial charge in [-0.1, -0.05) is 37.5 Å². The van der Waals surface area contributed by atoms with Gasteiger partial charge in [-0.3, -0.25) is 4.79 Å². The van der Waals surface area contributed by atoms with Crippen LogP contribution < -0.4 is 4.74 Å². The Morgan fingerprint density at radius 1 is 1.14 bits per heavy atom. The molecule has 0 atom stereocenters. The highest BCUT2D eigenvalue weighted by Crippen LogP contribution is 2.34. The molecule has 0 radical (unpaired) electrons. The number of hydrogen-bond acceptors (Lipinski definition) is 2. The van der Waals surface area contributed by atoms with Crippen molar-refractivity contribution in [1.29, 1.82) is 0 Å². The highest BCUT2D eigenvalue weighted by molar-refractivity contribution is 5.99. The van der Waals surface area contributed by atoms with E-state index in [4.69, 9.17) is 4.74 Å². The second-order valence-corrected chi connectivity index (χ2v) is 5.69. The van der Waals surface area contributed by atoms with Gasteiger partial charge in [-0.05, 0) is 41.7 Å². The number of carbonyl (C=O) groups excluding carboxylic acids is 1. The van der Waals surface area contributed by atoms with Crippen LogP contribution in [0.25, 0.3) is 5.57 Å². The van der Waals surface area contributed by atoms with Crippen LogP contribution in [0.2, 0.25) is 0 Å². The van der Waals surface area contributed by atoms with Gasteiger partial charge < -0.3 is 4.74 Å². The Bertz CT molecular complexity index is 705. The van der Waals surface area contributed by atoms with E-state index in [1.807, 2.05) is 24.3 Å². The smallest absolute Gasteiger partial charge is 0.163 e. The van der Waals surface area contributed by atoms with E-state index >= 15 is 0 Å². The van der Waals surface area contributed by atoms with Crippen molar-refractivity contribution in [3.63, 3.8) is 0 Å². The predicted molar refractivity (Wildman–Crippen MR) is 90.3 cm³/mol. The Balaban J connectivity index is 2.06. The molecule has 1 heterocycles. The van der Waals surface area contributed by atoms with Crippen molar-refractivity contribution >= 4 is 11.4 Å². The molecule has 1 aliphatic carbocycles. The summed E-state index contributed by atoms with van der Waals surface area (Å²) in [5.41, 5.74) is 4.88.